The maximum atomic E-state index is 12.9. The lowest BCUT2D eigenvalue weighted by molar-refractivity contribution is -0.138. The SMILES string of the molecule is COc1ccc(C2(C)NC(=O)N(CC(=O)N3CCC(C)(CN)C3)C2=O)cc1. The molecule has 0 aliphatic carbocycles. The number of methoxy groups -OCH3 is 1. The maximum Gasteiger partial charge on any atom is 0.325 e. The highest BCUT2D eigenvalue weighted by atomic mass is 16.5. The van der Waals surface area contributed by atoms with Crippen molar-refractivity contribution in [2.45, 2.75) is 25.8 Å². The molecule has 2 unspecified atom stereocenters. The second-order valence-electron chi connectivity index (χ2n) is 7.76. The van der Waals surface area contributed by atoms with Crippen LogP contribution in [0.15, 0.2) is 24.3 Å². The molecule has 8 heteroatoms. The minimum absolute atomic E-state index is 0.107. The van der Waals surface area contributed by atoms with E-state index >= 15 is 0 Å². The molecule has 1 aromatic rings. The summed E-state index contributed by atoms with van der Waals surface area (Å²) in [6, 6.07) is 6.36. The molecule has 0 saturated carbocycles. The Labute approximate surface area is 158 Å². The van der Waals surface area contributed by atoms with E-state index in [1.54, 1.807) is 43.2 Å². The Balaban J connectivity index is 1.73. The molecule has 2 heterocycles. The molecule has 2 aliphatic rings. The van der Waals surface area contributed by atoms with E-state index in [0.29, 0.717) is 30.9 Å². The summed E-state index contributed by atoms with van der Waals surface area (Å²) in [4.78, 5) is 40.6. The van der Waals surface area contributed by atoms with Crippen LogP contribution in [-0.4, -0.2) is 60.9 Å². The van der Waals surface area contributed by atoms with Crippen LogP contribution in [0, 0.1) is 5.41 Å². The minimum atomic E-state index is -1.21. The van der Waals surface area contributed by atoms with Gasteiger partial charge in [-0.1, -0.05) is 19.1 Å². The lowest BCUT2D eigenvalue weighted by Crippen LogP contribution is -2.44. The van der Waals surface area contributed by atoms with Gasteiger partial charge in [0.15, 0.2) is 0 Å². The van der Waals surface area contributed by atoms with Crippen molar-refractivity contribution in [3.63, 3.8) is 0 Å². The summed E-state index contributed by atoms with van der Waals surface area (Å²) in [7, 11) is 1.56. The molecule has 0 radical (unpaired) electrons. The number of likely N-dealkylation sites (tertiary alicyclic amines) is 1. The first kappa shape index (κ1) is 19.2. The highest BCUT2D eigenvalue weighted by Crippen LogP contribution is 2.31. The van der Waals surface area contributed by atoms with Gasteiger partial charge in [-0.2, -0.15) is 0 Å². The van der Waals surface area contributed by atoms with Gasteiger partial charge in [0.25, 0.3) is 5.91 Å². The van der Waals surface area contributed by atoms with Crippen molar-refractivity contribution < 1.29 is 19.1 Å². The number of imide groups is 1. The van der Waals surface area contributed by atoms with E-state index in [1.165, 1.54) is 0 Å². The lowest BCUT2D eigenvalue weighted by Gasteiger charge is -2.24. The van der Waals surface area contributed by atoms with E-state index in [0.717, 1.165) is 11.3 Å². The monoisotopic (exact) mass is 374 g/mol. The van der Waals surface area contributed by atoms with Crippen molar-refractivity contribution in [2.24, 2.45) is 11.1 Å². The molecule has 0 aromatic heterocycles. The molecule has 3 N–H and O–H groups in total. The predicted octanol–water partition coefficient (Wildman–Crippen LogP) is 0.660. The molecule has 2 fully saturated rings. The molecule has 146 valence electrons. The number of benzene rings is 1. The average molecular weight is 374 g/mol. The third-order valence-electron chi connectivity index (χ3n) is 5.64. The fourth-order valence-electron chi connectivity index (χ4n) is 3.60. The van der Waals surface area contributed by atoms with Crippen molar-refractivity contribution in [2.75, 3.05) is 33.3 Å². The number of amides is 4. The molecule has 2 atom stereocenters. The normalized spacial score (nSPS) is 27.9. The summed E-state index contributed by atoms with van der Waals surface area (Å²) in [6.07, 6.45) is 0.818. The third kappa shape index (κ3) is 3.37. The zero-order valence-electron chi connectivity index (χ0n) is 15.9. The molecule has 2 aliphatic heterocycles. The van der Waals surface area contributed by atoms with Crippen LogP contribution >= 0.6 is 0 Å². The highest BCUT2D eigenvalue weighted by Gasteiger charge is 2.50. The summed E-state index contributed by atoms with van der Waals surface area (Å²) in [6.45, 7) is 5.04. The standard InChI is InChI=1S/C19H26N4O4/c1-18(11-20)8-9-22(12-18)15(24)10-23-16(25)19(2,21-17(23)26)13-4-6-14(27-3)7-5-13/h4-7H,8-12,20H2,1-3H3,(H,21,26). The Morgan fingerprint density at radius 3 is 2.48 bits per heavy atom. The van der Waals surface area contributed by atoms with Crippen LogP contribution in [-0.2, 0) is 15.1 Å². The molecular weight excluding hydrogens is 348 g/mol. The molecular formula is C19H26N4O4. The number of nitrogens with zero attached hydrogens (tertiary/aromatic N) is 2. The summed E-state index contributed by atoms with van der Waals surface area (Å²) in [5.74, 6) is -0.0235. The fraction of sp³-hybridized carbons (Fsp3) is 0.526. The average Bonchev–Trinajstić information content (AvgIpc) is 3.16. The molecule has 27 heavy (non-hydrogen) atoms. The Morgan fingerprint density at radius 2 is 1.93 bits per heavy atom. The van der Waals surface area contributed by atoms with E-state index in [1.807, 2.05) is 6.92 Å². The van der Waals surface area contributed by atoms with Crippen molar-refractivity contribution in [3.05, 3.63) is 29.8 Å². The van der Waals surface area contributed by atoms with E-state index < -0.39 is 17.5 Å². The van der Waals surface area contributed by atoms with E-state index in [9.17, 15) is 14.4 Å². The number of urea groups is 1. The first-order valence-corrected chi connectivity index (χ1v) is 8.99. The smallest absolute Gasteiger partial charge is 0.325 e. The molecule has 1 aromatic carbocycles. The predicted molar refractivity (Wildman–Crippen MR) is 98.9 cm³/mol. The summed E-state index contributed by atoms with van der Waals surface area (Å²) < 4.78 is 5.13. The topological polar surface area (TPSA) is 105 Å². The largest absolute Gasteiger partial charge is 0.497 e. The zero-order chi connectivity index (χ0) is 19.8. The van der Waals surface area contributed by atoms with Crippen LogP contribution in [0.2, 0.25) is 0 Å². The van der Waals surface area contributed by atoms with Crippen molar-refractivity contribution in [1.82, 2.24) is 15.1 Å². The molecule has 3 rings (SSSR count). The Kier molecular flexibility index (Phi) is 4.86. The number of nitrogens with two attached hydrogens (primary N) is 1. The van der Waals surface area contributed by atoms with Crippen LogP contribution in [0.25, 0.3) is 0 Å². The van der Waals surface area contributed by atoms with E-state index in [4.69, 9.17) is 10.5 Å². The van der Waals surface area contributed by atoms with Gasteiger partial charge < -0.3 is 20.7 Å². The van der Waals surface area contributed by atoms with E-state index in [2.05, 4.69) is 5.32 Å². The summed E-state index contributed by atoms with van der Waals surface area (Å²) in [5.41, 5.74) is 5.10. The van der Waals surface area contributed by atoms with Crippen LogP contribution in [0.3, 0.4) is 0 Å². The zero-order valence-corrected chi connectivity index (χ0v) is 15.9. The van der Waals surface area contributed by atoms with Gasteiger partial charge in [0.2, 0.25) is 5.91 Å². The quantitative estimate of drug-likeness (QED) is 0.737. The Bertz CT molecular complexity index is 765. The van der Waals surface area contributed by atoms with E-state index in [-0.39, 0.29) is 17.9 Å². The molecule has 8 nitrogen and oxygen atoms in total. The lowest BCUT2D eigenvalue weighted by atomic mass is 9.90. The summed E-state index contributed by atoms with van der Waals surface area (Å²) >= 11 is 0. The number of nitrogens with one attached hydrogen (secondary N) is 1. The number of hydrogen-bond acceptors (Lipinski definition) is 5. The van der Waals surface area contributed by atoms with Gasteiger partial charge in [0.05, 0.1) is 7.11 Å². The molecule has 0 bridgehead atoms. The van der Waals surface area contributed by atoms with Gasteiger partial charge in [0.1, 0.15) is 17.8 Å². The molecule has 4 amide bonds. The fourth-order valence-corrected chi connectivity index (χ4v) is 3.60. The second kappa shape index (κ2) is 6.84. The second-order valence-corrected chi connectivity index (χ2v) is 7.76. The minimum Gasteiger partial charge on any atom is -0.497 e. The van der Waals surface area contributed by atoms with Crippen LogP contribution in [0.1, 0.15) is 25.8 Å². The number of ether oxygens (including phenoxy) is 1. The van der Waals surface area contributed by atoms with Gasteiger partial charge in [0, 0.05) is 13.1 Å². The number of carbonyl (C=O) groups is 3. The molecule has 2 saturated heterocycles. The number of carbonyl (C=O) groups excluding carboxylic acids is 3. The first-order valence-electron chi connectivity index (χ1n) is 8.99. The van der Waals surface area contributed by atoms with Crippen molar-refractivity contribution in [3.8, 4) is 5.75 Å². The van der Waals surface area contributed by atoms with Crippen LogP contribution < -0.4 is 15.8 Å². The third-order valence-corrected chi connectivity index (χ3v) is 5.64. The van der Waals surface area contributed by atoms with Gasteiger partial charge in [-0.15, -0.1) is 0 Å². The highest BCUT2D eigenvalue weighted by molar-refractivity contribution is 6.09. The summed E-state index contributed by atoms with van der Waals surface area (Å²) in [5, 5.41) is 2.71. The van der Waals surface area contributed by atoms with Crippen LogP contribution in [0.4, 0.5) is 4.79 Å². The van der Waals surface area contributed by atoms with Gasteiger partial charge in [-0.05, 0) is 43.0 Å². The molecule has 0 spiro atoms. The van der Waals surface area contributed by atoms with Crippen molar-refractivity contribution in [1.29, 1.82) is 0 Å². The number of hydrogen-bond donors (Lipinski definition) is 2. The van der Waals surface area contributed by atoms with Gasteiger partial charge >= 0.3 is 6.03 Å². The van der Waals surface area contributed by atoms with Gasteiger partial charge in [-0.3, -0.25) is 14.5 Å². The Morgan fingerprint density at radius 1 is 1.26 bits per heavy atom. The first-order chi connectivity index (χ1) is 12.7. The Hall–Kier alpha value is -2.61. The maximum absolute atomic E-state index is 12.9. The number of rotatable bonds is 5. The van der Waals surface area contributed by atoms with Crippen molar-refractivity contribution >= 4 is 17.8 Å². The van der Waals surface area contributed by atoms with Crippen LogP contribution in [0.5, 0.6) is 5.75 Å². The van der Waals surface area contributed by atoms with Gasteiger partial charge in [-0.25, -0.2) is 4.79 Å².